The number of ether oxygens (including phenoxy) is 1. The van der Waals surface area contributed by atoms with Gasteiger partial charge in [0, 0.05) is 0 Å². The quantitative estimate of drug-likeness (QED) is 0.861. The van der Waals surface area contributed by atoms with Crippen LogP contribution < -0.4 is 4.74 Å². The van der Waals surface area contributed by atoms with Crippen LogP contribution in [-0.2, 0) is 11.3 Å². The summed E-state index contributed by atoms with van der Waals surface area (Å²) in [6, 6.07) is 6.24. The van der Waals surface area contributed by atoms with Gasteiger partial charge in [-0.05, 0) is 31.2 Å². The van der Waals surface area contributed by atoms with Crippen molar-refractivity contribution in [3.05, 3.63) is 36.2 Å². The number of carbonyl (C=O) groups is 1. The van der Waals surface area contributed by atoms with Crippen molar-refractivity contribution in [1.82, 2.24) is 9.78 Å². The Hall–Kier alpha value is -2.50. The third kappa shape index (κ3) is 2.60. The number of benzene rings is 1. The van der Waals surface area contributed by atoms with Crippen LogP contribution in [0.1, 0.15) is 5.69 Å². The molecule has 0 aliphatic rings. The fourth-order valence-corrected chi connectivity index (χ4v) is 1.46. The molecule has 0 fully saturated rings. The number of aromatic nitrogens is 2. The second-order valence-corrected chi connectivity index (χ2v) is 3.74. The highest BCUT2D eigenvalue weighted by Gasteiger charge is 2.10. The fraction of sp³-hybridized carbons (Fsp3) is 0.167. The average Bonchev–Trinajstić information content (AvgIpc) is 2.64. The van der Waals surface area contributed by atoms with Gasteiger partial charge in [0.1, 0.15) is 18.0 Å². The first-order chi connectivity index (χ1) is 8.56. The molecule has 1 aromatic carbocycles. The first-order valence-electron chi connectivity index (χ1n) is 5.27. The minimum absolute atomic E-state index is 0.153. The zero-order chi connectivity index (χ0) is 13.1. The number of phenols is 1. The van der Waals surface area contributed by atoms with E-state index in [4.69, 9.17) is 14.9 Å². The van der Waals surface area contributed by atoms with Crippen molar-refractivity contribution in [3.63, 3.8) is 0 Å². The van der Waals surface area contributed by atoms with Crippen molar-refractivity contribution in [3.8, 4) is 17.2 Å². The van der Waals surface area contributed by atoms with Crippen molar-refractivity contribution in [2.24, 2.45) is 0 Å². The lowest BCUT2D eigenvalue weighted by atomic mass is 10.3. The third-order valence-corrected chi connectivity index (χ3v) is 2.41. The highest BCUT2D eigenvalue weighted by atomic mass is 16.5. The predicted molar refractivity (Wildman–Crippen MR) is 62.8 cm³/mol. The number of carboxylic acids is 1. The summed E-state index contributed by atoms with van der Waals surface area (Å²) in [6.45, 7) is 1.52. The van der Waals surface area contributed by atoms with Gasteiger partial charge in [-0.25, -0.2) is 0 Å². The van der Waals surface area contributed by atoms with Gasteiger partial charge in [0.25, 0.3) is 0 Å². The van der Waals surface area contributed by atoms with Crippen LogP contribution in [0, 0.1) is 6.92 Å². The SMILES string of the molecule is Cc1c(Oc2ccc(O)cc2)cnn1CC(=O)O. The Morgan fingerprint density at radius 3 is 2.67 bits per heavy atom. The molecule has 0 saturated carbocycles. The van der Waals surface area contributed by atoms with Crippen LogP contribution >= 0.6 is 0 Å². The smallest absolute Gasteiger partial charge is 0.325 e. The van der Waals surface area contributed by atoms with Gasteiger partial charge in [-0.1, -0.05) is 0 Å². The highest BCUT2D eigenvalue weighted by Crippen LogP contribution is 2.25. The van der Waals surface area contributed by atoms with Crippen molar-refractivity contribution in [2.45, 2.75) is 13.5 Å². The number of aromatic hydroxyl groups is 1. The van der Waals surface area contributed by atoms with E-state index in [1.54, 1.807) is 19.1 Å². The molecule has 2 N–H and O–H groups in total. The van der Waals surface area contributed by atoms with Gasteiger partial charge in [0.15, 0.2) is 5.75 Å². The van der Waals surface area contributed by atoms with Crippen molar-refractivity contribution < 1.29 is 19.7 Å². The van der Waals surface area contributed by atoms with E-state index in [9.17, 15) is 4.79 Å². The van der Waals surface area contributed by atoms with Crippen LogP contribution in [0.15, 0.2) is 30.5 Å². The van der Waals surface area contributed by atoms with Crippen LogP contribution in [0.5, 0.6) is 17.2 Å². The van der Waals surface area contributed by atoms with E-state index in [0.717, 1.165) is 0 Å². The van der Waals surface area contributed by atoms with Gasteiger partial charge >= 0.3 is 5.97 Å². The van der Waals surface area contributed by atoms with Crippen LogP contribution in [0.2, 0.25) is 0 Å². The molecule has 18 heavy (non-hydrogen) atoms. The lowest BCUT2D eigenvalue weighted by molar-refractivity contribution is -0.137. The second-order valence-electron chi connectivity index (χ2n) is 3.74. The maximum atomic E-state index is 10.6. The monoisotopic (exact) mass is 248 g/mol. The van der Waals surface area contributed by atoms with E-state index in [1.165, 1.54) is 23.0 Å². The van der Waals surface area contributed by atoms with Crippen LogP contribution in [0.4, 0.5) is 0 Å². The number of carboxylic acid groups (broad SMARTS) is 1. The standard InChI is InChI=1S/C12H12N2O4/c1-8-11(6-13-14(8)7-12(16)17)18-10-4-2-9(15)3-5-10/h2-6,15H,7H2,1H3,(H,16,17). The molecule has 0 aliphatic heterocycles. The molecular formula is C12H12N2O4. The van der Waals surface area contributed by atoms with Crippen molar-refractivity contribution in [2.75, 3.05) is 0 Å². The molecule has 0 unspecified atom stereocenters. The summed E-state index contributed by atoms with van der Waals surface area (Å²) in [5.41, 5.74) is 0.630. The molecule has 0 saturated heterocycles. The molecule has 0 spiro atoms. The largest absolute Gasteiger partial charge is 0.508 e. The summed E-state index contributed by atoms with van der Waals surface area (Å²) in [6.07, 6.45) is 1.46. The number of nitrogens with zero attached hydrogens (tertiary/aromatic N) is 2. The number of hydrogen-bond donors (Lipinski definition) is 2. The Labute approximate surface area is 103 Å². The van der Waals surface area contributed by atoms with Gasteiger partial charge in [0.05, 0.1) is 11.9 Å². The molecule has 6 heteroatoms. The molecule has 94 valence electrons. The van der Waals surface area contributed by atoms with Gasteiger partial charge in [0.2, 0.25) is 0 Å². The summed E-state index contributed by atoms with van der Waals surface area (Å²) in [5.74, 6) is 0.228. The van der Waals surface area contributed by atoms with Crippen LogP contribution in [0.25, 0.3) is 0 Å². The zero-order valence-corrected chi connectivity index (χ0v) is 9.70. The Morgan fingerprint density at radius 1 is 1.39 bits per heavy atom. The first-order valence-corrected chi connectivity index (χ1v) is 5.27. The van der Waals surface area contributed by atoms with Crippen molar-refractivity contribution >= 4 is 5.97 Å². The average molecular weight is 248 g/mol. The molecule has 0 aliphatic carbocycles. The second kappa shape index (κ2) is 4.79. The minimum Gasteiger partial charge on any atom is -0.508 e. The Morgan fingerprint density at radius 2 is 2.06 bits per heavy atom. The third-order valence-electron chi connectivity index (χ3n) is 2.41. The summed E-state index contributed by atoms with van der Waals surface area (Å²) < 4.78 is 6.88. The maximum Gasteiger partial charge on any atom is 0.325 e. The summed E-state index contributed by atoms with van der Waals surface area (Å²) in [4.78, 5) is 10.6. The normalized spacial score (nSPS) is 10.3. The summed E-state index contributed by atoms with van der Waals surface area (Å²) in [5, 5.41) is 21.8. The Kier molecular flexibility index (Phi) is 3.18. The topological polar surface area (TPSA) is 84.6 Å². The van der Waals surface area contributed by atoms with Gasteiger partial charge in [-0.15, -0.1) is 0 Å². The van der Waals surface area contributed by atoms with Crippen LogP contribution in [0.3, 0.4) is 0 Å². The Balaban J connectivity index is 2.17. The number of phenolic OH excluding ortho intramolecular Hbond substituents is 1. The number of hydrogen-bond acceptors (Lipinski definition) is 4. The lowest BCUT2D eigenvalue weighted by Crippen LogP contribution is -2.11. The van der Waals surface area contributed by atoms with E-state index < -0.39 is 5.97 Å². The molecule has 2 aromatic rings. The maximum absolute atomic E-state index is 10.6. The zero-order valence-electron chi connectivity index (χ0n) is 9.70. The number of aliphatic carboxylic acids is 1. The van der Waals surface area contributed by atoms with Gasteiger partial charge in [-0.2, -0.15) is 5.10 Å². The molecule has 0 amide bonds. The van der Waals surface area contributed by atoms with Crippen molar-refractivity contribution in [1.29, 1.82) is 0 Å². The summed E-state index contributed by atoms with van der Waals surface area (Å²) in [7, 11) is 0. The number of rotatable bonds is 4. The van der Waals surface area contributed by atoms with Gasteiger partial charge < -0.3 is 14.9 Å². The minimum atomic E-state index is -0.961. The Bertz CT molecular complexity index is 560. The molecule has 0 atom stereocenters. The molecule has 1 aromatic heterocycles. The van der Waals surface area contributed by atoms with E-state index in [0.29, 0.717) is 17.2 Å². The molecule has 0 bridgehead atoms. The summed E-state index contributed by atoms with van der Waals surface area (Å²) >= 11 is 0. The van der Waals surface area contributed by atoms with E-state index in [-0.39, 0.29) is 12.3 Å². The predicted octanol–water partition coefficient (Wildman–Crippen LogP) is 1.77. The first kappa shape index (κ1) is 12.0. The molecule has 2 rings (SSSR count). The lowest BCUT2D eigenvalue weighted by Gasteiger charge is -2.05. The van der Waals surface area contributed by atoms with E-state index >= 15 is 0 Å². The van der Waals surface area contributed by atoms with Gasteiger partial charge in [-0.3, -0.25) is 9.48 Å². The molecule has 6 nitrogen and oxygen atoms in total. The van der Waals surface area contributed by atoms with Crippen LogP contribution in [-0.4, -0.2) is 26.0 Å². The molecule has 0 radical (unpaired) electrons. The molecular weight excluding hydrogens is 236 g/mol. The van der Waals surface area contributed by atoms with E-state index in [2.05, 4.69) is 5.10 Å². The van der Waals surface area contributed by atoms with E-state index in [1.807, 2.05) is 0 Å². The fourth-order valence-electron chi connectivity index (χ4n) is 1.46. The molecule has 1 heterocycles. The highest BCUT2D eigenvalue weighted by molar-refractivity contribution is 5.66.